The van der Waals surface area contributed by atoms with Crippen molar-refractivity contribution < 1.29 is 0 Å². The van der Waals surface area contributed by atoms with Crippen LogP contribution in [-0.4, -0.2) is 0 Å². The lowest BCUT2D eigenvalue weighted by Crippen LogP contribution is -2.15. The molecule has 0 radical (unpaired) electrons. The molecule has 0 aromatic rings. The molecule has 0 heterocycles. The summed E-state index contributed by atoms with van der Waals surface area (Å²) in [5.41, 5.74) is 0. The predicted octanol–water partition coefficient (Wildman–Crippen LogP) is 8.87. The van der Waals surface area contributed by atoms with Gasteiger partial charge in [0.15, 0.2) is 0 Å². The second kappa shape index (κ2) is 13.6. The first-order valence-corrected chi connectivity index (χ1v) is 12.1. The van der Waals surface area contributed by atoms with Crippen LogP contribution in [0.3, 0.4) is 0 Å². The van der Waals surface area contributed by atoms with Gasteiger partial charge in [-0.05, 0) is 68.6 Å². The van der Waals surface area contributed by atoms with Crippen molar-refractivity contribution in [2.24, 2.45) is 23.7 Å². The molecule has 150 valence electrons. The van der Waals surface area contributed by atoms with Gasteiger partial charge in [-0.2, -0.15) is 0 Å². The summed E-state index contributed by atoms with van der Waals surface area (Å²) in [4.78, 5) is 0. The molecule has 0 aromatic carbocycles. The maximum atomic E-state index is 2.55. The van der Waals surface area contributed by atoms with Crippen molar-refractivity contribution in [3.63, 3.8) is 0 Å². The maximum absolute atomic E-state index is 2.55. The molecule has 2 aliphatic rings. The molecule has 0 heteroatoms. The fraction of sp³-hybridized carbons (Fsp3) is 0.846. The Kier molecular flexibility index (Phi) is 11.4. The molecule has 0 amide bonds. The quantitative estimate of drug-likeness (QED) is 0.255. The van der Waals surface area contributed by atoms with Crippen LogP contribution in [0.2, 0.25) is 0 Å². The van der Waals surface area contributed by atoms with Crippen molar-refractivity contribution in [3.05, 3.63) is 24.3 Å². The third-order valence-electron chi connectivity index (χ3n) is 7.00. The van der Waals surface area contributed by atoms with Gasteiger partial charge in [-0.25, -0.2) is 0 Å². The molecule has 2 fully saturated rings. The van der Waals surface area contributed by atoms with Gasteiger partial charge >= 0.3 is 0 Å². The van der Waals surface area contributed by atoms with Crippen molar-refractivity contribution in [1.82, 2.24) is 0 Å². The molecular weight excluding hydrogens is 312 g/mol. The van der Waals surface area contributed by atoms with Crippen molar-refractivity contribution in [1.29, 1.82) is 0 Å². The third kappa shape index (κ3) is 8.92. The average molecular weight is 359 g/mol. The summed E-state index contributed by atoms with van der Waals surface area (Å²) >= 11 is 0. The van der Waals surface area contributed by atoms with Crippen LogP contribution >= 0.6 is 0 Å². The van der Waals surface area contributed by atoms with Crippen molar-refractivity contribution in [3.8, 4) is 0 Å². The molecule has 0 aromatic heterocycles. The molecule has 2 unspecified atom stereocenters. The average Bonchev–Trinajstić information content (AvgIpc) is 2.67. The van der Waals surface area contributed by atoms with Gasteiger partial charge in [-0.3, -0.25) is 0 Å². The van der Waals surface area contributed by atoms with E-state index < -0.39 is 0 Å². The maximum Gasteiger partial charge on any atom is -0.0231 e. The van der Waals surface area contributed by atoms with E-state index in [1.807, 2.05) is 0 Å². The fourth-order valence-electron chi connectivity index (χ4n) is 5.30. The van der Waals surface area contributed by atoms with Crippen molar-refractivity contribution >= 4 is 0 Å². The van der Waals surface area contributed by atoms with Crippen LogP contribution in [0.1, 0.15) is 117 Å². The SMILES string of the molecule is CCC=CCC1CCC(CCCCC2CCCC(C=CCCC)C2)CC1. The van der Waals surface area contributed by atoms with Crippen LogP contribution in [0.4, 0.5) is 0 Å². The van der Waals surface area contributed by atoms with Crippen molar-refractivity contribution in [2.75, 3.05) is 0 Å². The second-order valence-corrected chi connectivity index (χ2v) is 9.30. The van der Waals surface area contributed by atoms with Gasteiger partial charge in [0.25, 0.3) is 0 Å². The largest absolute Gasteiger partial charge is 0.0888 e. The van der Waals surface area contributed by atoms with E-state index in [1.54, 1.807) is 0 Å². The monoisotopic (exact) mass is 358 g/mol. The first kappa shape index (κ1) is 21.8. The van der Waals surface area contributed by atoms with Crippen LogP contribution in [-0.2, 0) is 0 Å². The first-order valence-electron chi connectivity index (χ1n) is 12.1. The van der Waals surface area contributed by atoms with E-state index in [9.17, 15) is 0 Å². The summed E-state index contributed by atoms with van der Waals surface area (Å²) < 4.78 is 0. The summed E-state index contributed by atoms with van der Waals surface area (Å²) in [7, 11) is 0. The lowest BCUT2D eigenvalue weighted by molar-refractivity contribution is 0.250. The zero-order valence-corrected chi connectivity index (χ0v) is 17.9. The van der Waals surface area contributed by atoms with Crippen LogP contribution in [0, 0.1) is 23.7 Å². The zero-order valence-electron chi connectivity index (χ0n) is 17.9. The smallest absolute Gasteiger partial charge is 0.0231 e. The number of hydrogen-bond acceptors (Lipinski definition) is 0. The van der Waals surface area contributed by atoms with E-state index in [0.717, 1.165) is 23.7 Å². The highest BCUT2D eigenvalue weighted by atomic mass is 14.3. The zero-order chi connectivity index (χ0) is 18.5. The normalized spacial score (nSPS) is 30.4. The Labute approximate surface area is 164 Å². The summed E-state index contributed by atoms with van der Waals surface area (Å²) in [5.74, 6) is 3.98. The number of rotatable bonds is 11. The number of hydrogen-bond donors (Lipinski definition) is 0. The van der Waals surface area contributed by atoms with Gasteiger partial charge in [0.2, 0.25) is 0 Å². The summed E-state index contributed by atoms with van der Waals surface area (Å²) in [6.07, 6.45) is 32.8. The van der Waals surface area contributed by atoms with Gasteiger partial charge in [0.1, 0.15) is 0 Å². The Bertz CT molecular complexity index is 383. The molecule has 0 spiro atoms. The van der Waals surface area contributed by atoms with E-state index in [0.29, 0.717) is 0 Å². The Hall–Kier alpha value is -0.520. The Balaban J connectivity index is 1.52. The van der Waals surface area contributed by atoms with E-state index in [-0.39, 0.29) is 0 Å². The van der Waals surface area contributed by atoms with E-state index in [4.69, 9.17) is 0 Å². The Morgan fingerprint density at radius 2 is 1.46 bits per heavy atom. The van der Waals surface area contributed by atoms with Crippen LogP contribution in [0.5, 0.6) is 0 Å². The van der Waals surface area contributed by atoms with Gasteiger partial charge < -0.3 is 0 Å². The molecule has 0 aliphatic heterocycles. The van der Waals surface area contributed by atoms with E-state index >= 15 is 0 Å². The third-order valence-corrected chi connectivity index (χ3v) is 7.00. The standard InChI is InChI=1S/C26H46/c1-3-5-7-12-23-18-20-24(21-19-23)13-9-10-15-26-17-11-16-25(22-26)14-8-6-4-2/h5,7-8,14,23-26H,3-4,6,9-13,15-22H2,1-2H3. The number of allylic oxidation sites excluding steroid dienone is 4. The summed E-state index contributed by atoms with van der Waals surface area (Å²) in [6, 6.07) is 0. The Morgan fingerprint density at radius 1 is 0.731 bits per heavy atom. The molecule has 2 atom stereocenters. The van der Waals surface area contributed by atoms with E-state index in [2.05, 4.69) is 38.2 Å². The Morgan fingerprint density at radius 3 is 2.19 bits per heavy atom. The minimum Gasteiger partial charge on any atom is -0.0888 e. The molecule has 2 aliphatic carbocycles. The topological polar surface area (TPSA) is 0 Å². The molecule has 2 saturated carbocycles. The first-order chi connectivity index (χ1) is 12.8. The lowest BCUT2D eigenvalue weighted by Gasteiger charge is -2.29. The molecular formula is C26H46. The predicted molar refractivity (Wildman–Crippen MR) is 117 cm³/mol. The minimum absolute atomic E-state index is 0.900. The minimum atomic E-state index is 0.900. The highest BCUT2D eigenvalue weighted by Gasteiger charge is 2.21. The molecule has 2 rings (SSSR count). The van der Waals surface area contributed by atoms with Gasteiger partial charge in [-0.1, -0.05) is 95.9 Å². The van der Waals surface area contributed by atoms with Crippen molar-refractivity contribution in [2.45, 2.75) is 117 Å². The van der Waals surface area contributed by atoms with Gasteiger partial charge in [0, 0.05) is 0 Å². The number of unbranched alkanes of at least 4 members (excludes halogenated alkanes) is 2. The second-order valence-electron chi connectivity index (χ2n) is 9.30. The lowest BCUT2D eigenvalue weighted by atomic mass is 9.77. The van der Waals surface area contributed by atoms with Crippen LogP contribution < -0.4 is 0 Å². The molecule has 26 heavy (non-hydrogen) atoms. The summed E-state index contributed by atoms with van der Waals surface area (Å²) in [6.45, 7) is 4.52. The molecule has 0 saturated heterocycles. The van der Waals surface area contributed by atoms with Crippen LogP contribution in [0.25, 0.3) is 0 Å². The fourth-order valence-corrected chi connectivity index (χ4v) is 5.30. The highest BCUT2D eigenvalue weighted by Crippen LogP contribution is 2.36. The highest BCUT2D eigenvalue weighted by molar-refractivity contribution is 4.91. The summed E-state index contributed by atoms with van der Waals surface area (Å²) in [5, 5.41) is 0. The molecule has 0 nitrogen and oxygen atoms in total. The van der Waals surface area contributed by atoms with E-state index in [1.165, 1.54) is 103 Å². The van der Waals surface area contributed by atoms with Gasteiger partial charge in [-0.15, -0.1) is 0 Å². The molecule has 0 N–H and O–H groups in total. The molecule has 0 bridgehead atoms. The van der Waals surface area contributed by atoms with Crippen LogP contribution in [0.15, 0.2) is 24.3 Å². The van der Waals surface area contributed by atoms with Gasteiger partial charge in [0.05, 0.1) is 0 Å².